The quantitative estimate of drug-likeness (QED) is 0.0353. The molecule has 1 radical (unpaired) electrons. The molecule has 0 saturated carbocycles. The van der Waals surface area contributed by atoms with Crippen LogP contribution in [0.1, 0.15) is 132 Å². The van der Waals surface area contributed by atoms with Gasteiger partial charge in [0.05, 0.1) is 24.4 Å². The Morgan fingerprint density at radius 2 is 1.42 bits per heavy atom. The number of allylic oxidation sites excluding steroid dienone is 6. The van der Waals surface area contributed by atoms with Crippen LogP contribution in [0, 0.1) is 57.2 Å². The number of nitrogens with one attached hydrogen (secondary N) is 1. The van der Waals surface area contributed by atoms with Crippen LogP contribution in [0.4, 0.5) is 5.82 Å². The summed E-state index contributed by atoms with van der Waals surface area (Å²) in [5.41, 5.74) is 39.7. The average Bonchev–Trinajstić information content (AvgIpc) is 1.53. The number of carbonyl (C=O) groups is 7. The number of phosphoric acid groups is 1. The van der Waals surface area contributed by atoms with Gasteiger partial charge < -0.3 is 91.5 Å². The third kappa shape index (κ3) is 14.0. The summed E-state index contributed by atoms with van der Waals surface area (Å²) >= 11 is 0. The number of amides is 7. The maximum atomic E-state index is 14.2. The summed E-state index contributed by atoms with van der Waals surface area (Å²) < 4.78 is 30.8. The van der Waals surface area contributed by atoms with Gasteiger partial charge in [-0.25, -0.2) is 15.0 Å². The number of imidazole rings is 1. The van der Waals surface area contributed by atoms with Gasteiger partial charge in [0.2, 0.25) is 41.4 Å². The van der Waals surface area contributed by atoms with E-state index in [0.29, 0.717) is 45.4 Å². The van der Waals surface area contributed by atoms with Crippen LogP contribution < -0.4 is 50.3 Å². The largest absolute Gasteiger partial charge is 0.756 e. The van der Waals surface area contributed by atoms with E-state index < -0.39 is 144 Å². The van der Waals surface area contributed by atoms with Crippen molar-refractivity contribution in [1.82, 2.24) is 24.8 Å². The first-order valence-corrected chi connectivity index (χ1v) is 30.8. The topological polar surface area (TPSA) is 541 Å². The fraction of sp³-hybridized carbons (Fsp3) is 0.621. The fourth-order valence-corrected chi connectivity index (χ4v) is 15.7. The van der Waals surface area contributed by atoms with E-state index in [1.54, 1.807) is 20.8 Å². The van der Waals surface area contributed by atoms with Crippen LogP contribution in [0.25, 0.3) is 16.5 Å². The number of rotatable bonds is 26. The summed E-state index contributed by atoms with van der Waals surface area (Å²) in [5.74, 6) is -7.49. The van der Waals surface area contributed by atoms with Crippen molar-refractivity contribution in [1.29, 1.82) is 5.26 Å². The molecular weight excluding hydrogens is 1250 g/mol. The third-order valence-corrected chi connectivity index (χ3v) is 20.5. The Balaban J connectivity index is 0.00000434. The van der Waals surface area contributed by atoms with Crippen molar-refractivity contribution in [3.05, 3.63) is 58.9 Å². The van der Waals surface area contributed by atoms with Crippen LogP contribution in [-0.4, -0.2) is 138 Å². The van der Waals surface area contributed by atoms with E-state index in [1.165, 1.54) is 17.2 Å². The molecule has 7 amide bonds. The zero-order chi connectivity index (χ0) is 67.0. The number of nitrogens with zero attached hydrogens (tertiary/aromatic N) is 9. The monoisotopic (exact) mass is 1330 g/mol. The Hall–Kier alpha value is -7.34. The molecular formula is C58H81CoN17O14P-3. The number of hydrogen-bond acceptors (Lipinski definition) is 22. The standard InChI is InChI=1S/C57H83N16O14P.CN.Co/c1-26-42-29(10-13-36(59)76)53(3,4)34(70-42)20-32-28(9-12-35(58)75)55(6,21-39(62)79)48(69-32)27(2)43-30(11-14-37(60)77)56(7,22-40(63)80)57(8,72-43)49-31(19-38(61)78)54(5,47(26)71-49)16-15-41(81)65-17-18-85-88(83,84)87-46-33(23-74)86-52(45(46)82)73-25-68-51-44(73)50(64)66-24-67-51;1-2;/h20,24-25,28-31,33,45-46,49,52,74,82H,9-19,21-23H2,1-8H3,(H17,58,59,60,61,62,63,64,65,66,67,69,70,71,72,75,76,77,78,79,80,81,83,84);;/q;-1;/p-2/t28-,29-,30-,31+,33-,45-,46-,49-,52+,54+,55+,56+,57+;;/m1../s1. The molecule has 33 heteroatoms. The van der Waals surface area contributed by atoms with Gasteiger partial charge in [0.1, 0.15) is 36.5 Å². The van der Waals surface area contributed by atoms with Crippen molar-refractivity contribution in [2.45, 2.75) is 162 Å². The van der Waals surface area contributed by atoms with E-state index in [4.69, 9.17) is 86.0 Å². The van der Waals surface area contributed by atoms with Crippen LogP contribution in [0.2, 0.25) is 0 Å². The Bertz CT molecular complexity index is 3510. The SMILES string of the molecule is C/C1=C2N=C(/C=C3N=C(/C(C)=C4\[N-][C@H]([C@H](CC(N)=O)[C@]4(C)CCC(=O)NCCOP(=O)([O-])O[C@H]4[C@@H](O)[C@@H](n5cnc6ncnc(N)c65)O[C@@H]4CO)[C@]4(C)N=C1[C@@H](CCC(N)=O)[C@]4(C)CC(N)=O)[C@@H](CCC(N)=O)C\3(C)C)[C@@H](CCC(N)=O)[C@]/2(C)CC(N)=O.[C-]#N.[Co]. The number of aromatic nitrogens is 4. The maximum absolute atomic E-state index is 14.2. The number of primary amides is 6. The minimum absolute atomic E-state index is 0. The van der Waals surface area contributed by atoms with Crippen molar-refractivity contribution in [3.63, 3.8) is 0 Å². The van der Waals surface area contributed by atoms with E-state index in [1.807, 2.05) is 40.7 Å². The Morgan fingerprint density at radius 1 is 0.813 bits per heavy atom. The number of aliphatic hydroxyl groups excluding tert-OH is 2. The van der Waals surface area contributed by atoms with Gasteiger partial charge in [-0.1, -0.05) is 40.7 Å². The molecule has 2 fully saturated rings. The van der Waals surface area contributed by atoms with Gasteiger partial charge >= 0.3 is 0 Å². The van der Waals surface area contributed by atoms with Gasteiger partial charge in [0, 0.05) is 125 Å². The van der Waals surface area contributed by atoms with Gasteiger partial charge in [-0.3, -0.25) is 57.7 Å². The van der Waals surface area contributed by atoms with Crippen LogP contribution in [0.15, 0.2) is 61.9 Å². The van der Waals surface area contributed by atoms with Gasteiger partial charge in [0.25, 0.3) is 7.82 Å². The number of fused-ring (bicyclic) bond motifs is 7. The number of ether oxygens (including phenoxy) is 1. The van der Waals surface area contributed by atoms with Crippen molar-refractivity contribution >= 4 is 83.3 Å². The molecule has 31 nitrogen and oxygen atoms in total. The first kappa shape index (κ1) is 72.7. The van der Waals surface area contributed by atoms with Gasteiger partial charge in [-0.05, 0) is 75.0 Å². The van der Waals surface area contributed by atoms with Crippen LogP contribution in [-0.2, 0) is 68.7 Å². The molecule has 17 N–H and O–H groups in total. The van der Waals surface area contributed by atoms with Gasteiger partial charge in [0.15, 0.2) is 17.7 Å². The number of phosphoric ester groups is 1. The molecule has 6 aliphatic rings. The van der Waals surface area contributed by atoms with E-state index in [2.05, 4.69) is 20.3 Å². The number of nitrogen functional groups attached to an aromatic ring is 1. The van der Waals surface area contributed by atoms with Gasteiger partial charge in [-0.15, -0.1) is 0 Å². The summed E-state index contributed by atoms with van der Waals surface area (Å²) in [7, 11) is -5.31. The summed E-state index contributed by atoms with van der Waals surface area (Å²) in [6.45, 7) is 17.7. The number of hydrogen-bond donors (Lipinski definition) is 10. The number of aliphatic hydroxyl groups is 2. The zero-order valence-corrected chi connectivity index (χ0v) is 53.9. The van der Waals surface area contributed by atoms with E-state index in [9.17, 15) is 53.2 Å². The smallest absolute Gasteiger partial charge is 0.268 e. The minimum atomic E-state index is -5.31. The Kier molecular flexibility index (Phi) is 22.3. The first-order valence-electron chi connectivity index (χ1n) is 29.4. The minimum Gasteiger partial charge on any atom is -0.756 e. The molecule has 2 aromatic rings. The second-order valence-electron chi connectivity index (χ2n) is 25.5. The number of aliphatic imine (C=N–C) groups is 3. The number of carbonyl (C=O) groups excluding carboxylic acids is 7. The zero-order valence-electron chi connectivity index (χ0n) is 52.0. The van der Waals surface area contributed by atoms with Crippen molar-refractivity contribution < 1.29 is 83.8 Å². The van der Waals surface area contributed by atoms with E-state index in [0.717, 1.165) is 0 Å². The molecule has 6 aliphatic heterocycles. The molecule has 2 saturated heterocycles. The normalized spacial score (nSPS) is 33.2. The molecule has 0 spiro atoms. The molecule has 0 aromatic carbocycles. The first-order chi connectivity index (χ1) is 42.0. The molecule has 2 aromatic heterocycles. The number of anilines is 1. The molecule has 8 bridgehead atoms. The van der Waals surface area contributed by atoms with Crippen LogP contribution in [0.5, 0.6) is 0 Å². The summed E-state index contributed by atoms with van der Waals surface area (Å²) in [6.07, 6.45) is -3.02. The molecule has 8 rings (SSSR count). The second-order valence-corrected chi connectivity index (χ2v) is 26.8. The van der Waals surface area contributed by atoms with E-state index in [-0.39, 0.29) is 111 Å². The second kappa shape index (κ2) is 27.9. The van der Waals surface area contributed by atoms with Crippen molar-refractivity contribution in [3.8, 4) is 0 Å². The fourth-order valence-electron chi connectivity index (χ4n) is 14.8. The summed E-state index contributed by atoms with van der Waals surface area (Å²) in [4.78, 5) is 135. The Labute approximate surface area is 536 Å². The summed E-state index contributed by atoms with van der Waals surface area (Å²) in [6, 6.07) is -1.06. The predicted octanol–water partition coefficient (Wildman–Crippen LogP) is 0.776. The maximum Gasteiger partial charge on any atom is 0.268 e. The van der Waals surface area contributed by atoms with Gasteiger partial charge in [-0.2, -0.15) is 5.70 Å². The molecule has 0 aliphatic carbocycles. The summed E-state index contributed by atoms with van der Waals surface area (Å²) in [5, 5.41) is 36.0. The number of nitrogens with two attached hydrogens (primary N) is 7. The molecule has 499 valence electrons. The molecule has 14 atom stereocenters. The molecule has 91 heavy (non-hydrogen) atoms. The molecule has 1 unspecified atom stereocenters. The predicted molar refractivity (Wildman–Crippen MR) is 323 cm³/mol. The third-order valence-electron chi connectivity index (χ3n) is 19.5. The Morgan fingerprint density at radius 3 is 2.00 bits per heavy atom. The average molecular weight is 1330 g/mol. The van der Waals surface area contributed by atoms with Crippen LogP contribution >= 0.6 is 7.82 Å². The molecule has 8 heterocycles. The van der Waals surface area contributed by atoms with Crippen molar-refractivity contribution in [2.24, 2.45) is 94.7 Å². The van der Waals surface area contributed by atoms with Crippen molar-refractivity contribution in [2.75, 3.05) is 25.5 Å². The van der Waals surface area contributed by atoms with Crippen LogP contribution in [0.3, 0.4) is 0 Å². The van der Waals surface area contributed by atoms with E-state index >= 15 is 0 Å².